The van der Waals surface area contributed by atoms with Crippen molar-refractivity contribution >= 4 is 10.0 Å². The minimum Gasteiger partial charge on any atom is -0.335 e. The molecule has 0 spiro atoms. The van der Waals surface area contributed by atoms with Gasteiger partial charge in [-0.25, -0.2) is 18.1 Å². The summed E-state index contributed by atoms with van der Waals surface area (Å²) in [4.78, 5) is 6.23. The number of aryl methyl sites for hydroxylation is 1. The molecule has 0 aliphatic carbocycles. The molecule has 0 fully saturated rings. The van der Waals surface area contributed by atoms with Gasteiger partial charge >= 0.3 is 0 Å². The van der Waals surface area contributed by atoms with Crippen molar-refractivity contribution in [3.63, 3.8) is 0 Å². The standard InChI is InChI=1S/C9H13N5O2S/c1-7-8(3-12-14(7)2)4-13-17(15,16)9-5-10-6-11-9/h3,5-6,13H,4H2,1-2H3,(H,10,11). The van der Waals surface area contributed by atoms with Gasteiger partial charge in [0, 0.05) is 24.8 Å². The predicted molar refractivity (Wildman–Crippen MR) is 60.6 cm³/mol. The predicted octanol–water partition coefficient (Wildman–Crippen LogP) is -0.0699. The number of hydrogen-bond donors (Lipinski definition) is 2. The fraction of sp³-hybridized carbons (Fsp3) is 0.333. The summed E-state index contributed by atoms with van der Waals surface area (Å²) in [7, 11) is -1.72. The maximum Gasteiger partial charge on any atom is 0.257 e. The second-order valence-corrected chi connectivity index (χ2v) is 5.35. The Morgan fingerprint density at radius 2 is 2.24 bits per heavy atom. The highest BCUT2D eigenvalue weighted by Gasteiger charge is 2.16. The molecule has 0 atom stereocenters. The molecule has 0 aliphatic rings. The Morgan fingerprint density at radius 1 is 1.47 bits per heavy atom. The summed E-state index contributed by atoms with van der Waals surface area (Å²) in [5, 5.41) is 4.10. The first-order valence-corrected chi connectivity index (χ1v) is 6.44. The van der Waals surface area contributed by atoms with Crippen LogP contribution in [0, 0.1) is 6.92 Å². The minimum atomic E-state index is -3.53. The van der Waals surface area contributed by atoms with E-state index in [0.29, 0.717) is 0 Å². The van der Waals surface area contributed by atoms with Gasteiger partial charge in [-0.1, -0.05) is 0 Å². The number of aromatic amines is 1. The fourth-order valence-corrected chi connectivity index (χ4v) is 2.27. The lowest BCUT2D eigenvalue weighted by Crippen LogP contribution is -2.23. The van der Waals surface area contributed by atoms with E-state index >= 15 is 0 Å². The molecule has 0 saturated carbocycles. The van der Waals surface area contributed by atoms with Crippen molar-refractivity contribution in [1.29, 1.82) is 0 Å². The lowest BCUT2D eigenvalue weighted by Gasteiger charge is -2.04. The number of hydrogen-bond acceptors (Lipinski definition) is 4. The zero-order valence-corrected chi connectivity index (χ0v) is 10.3. The van der Waals surface area contributed by atoms with E-state index in [0.717, 1.165) is 11.3 Å². The summed E-state index contributed by atoms with van der Waals surface area (Å²) in [6.45, 7) is 2.09. The quantitative estimate of drug-likeness (QED) is 0.799. The molecule has 0 saturated heterocycles. The first-order chi connectivity index (χ1) is 8.00. The van der Waals surface area contributed by atoms with Gasteiger partial charge in [0.05, 0.1) is 18.7 Å². The number of rotatable bonds is 4. The molecule has 8 heteroatoms. The maximum atomic E-state index is 11.8. The molecular weight excluding hydrogens is 242 g/mol. The number of sulfonamides is 1. The molecule has 0 radical (unpaired) electrons. The highest BCUT2D eigenvalue weighted by atomic mass is 32.2. The van der Waals surface area contributed by atoms with Crippen LogP contribution in [-0.4, -0.2) is 28.2 Å². The van der Waals surface area contributed by atoms with E-state index in [4.69, 9.17) is 0 Å². The number of nitrogens with zero attached hydrogens (tertiary/aromatic N) is 3. The Morgan fingerprint density at radius 3 is 2.76 bits per heavy atom. The van der Waals surface area contributed by atoms with E-state index in [-0.39, 0.29) is 11.6 Å². The summed E-state index contributed by atoms with van der Waals surface area (Å²) in [6, 6.07) is 0. The Bertz CT molecular complexity index is 599. The average Bonchev–Trinajstić information content (AvgIpc) is 2.90. The molecular formula is C9H13N5O2S. The third-order valence-electron chi connectivity index (χ3n) is 2.55. The van der Waals surface area contributed by atoms with Crippen molar-refractivity contribution in [3.05, 3.63) is 30.0 Å². The van der Waals surface area contributed by atoms with E-state index in [1.807, 2.05) is 14.0 Å². The van der Waals surface area contributed by atoms with Crippen molar-refractivity contribution in [2.24, 2.45) is 7.05 Å². The van der Waals surface area contributed by atoms with Crippen molar-refractivity contribution in [1.82, 2.24) is 24.5 Å². The van der Waals surface area contributed by atoms with Gasteiger partial charge in [-0.2, -0.15) is 5.10 Å². The van der Waals surface area contributed by atoms with Crippen LogP contribution in [0.2, 0.25) is 0 Å². The van der Waals surface area contributed by atoms with Crippen molar-refractivity contribution < 1.29 is 8.42 Å². The molecule has 0 unspecified atom stereocenters. The van der Waals surface area contributed by atoms with Crippen LogP contribution in [-0.2, 0) is 23.6 Å². The van der Waals surface area contributed by atoms with E-state index < -0.39 is 10.0 Å². The van der Waals surface area contributed by atoms with Crippen molar-refractivity contribution in [2.45, 2.75) is 18.5 Å². The van der Waals surface area contributed by atoms with Gasteiger partial charge in [0.2, 0.25) is 0 Å². The SMILES string of the molecule is Cc1c(CNS(=O)(=O)c2cnc[nH]2)cnn1C. The lowest BCUT2D eigenvalue weighted by atomic mass is 10.3. The van der Waals surface area contributed by atoms with Gasteiger partial charge < -0.3 is 4.98 Å². The van der Waals surface area contributed by atoms with Gasteiger partial charge in [0.25, 0.3) is 10.0 Å². The Hall–Kier alpha value is -1.67. The normalized spacial score (nSPS) is 11.9. The molecule has 2 aromatic rings. The van der Waals surface area contributed by atoms with Gasteiger partial charge in [0.1, 0.15) is 0 Å². The molecule has 7 nitrogen and oxygen atoms in total. The van der Waals surface area contributed by atoms with Crippen LogP contribution in [0.5, 0.6) is 0 Å². The van der Waals surface area contributed by atoms with Gasteiger partial charge in [-0.15, -0.1) is 0 Å². The van der Waals surface area contributed by atoms with Crippen molar-refractivity contribution in [3.8, 4) is 0 Å². The summed E-state index contributed by atoms with van der Waals surface area (Å²) in [6.07, 6.45) is 4.23. The molecule has 2 aromatic heterocycles. The second kappa shape index (κ2) is 4.30. The lowest BCUT2D eigenvalue weighted by molar-refractivity contribution is 0.578. The Kier molecular flexibility index (Phi) is 2.99. The number of aromatic nitrogens is 4. The zero-order valence-electron chi connectivity index (χ0n) is 9.51. The third kappa shape index (κ3) is 2.37. The van der Waals surface area contributed by atoms with Gasteiger partial charge in [0.15, 0.2) is 5.03 Å². The smallest absolute Gasteiger partial charge is 0.257 e. The minimum absolute atomic E-state index is 0.0547. The van der Waals surface area contributed by atoms with Crippen LogP contribution in [0.25, 0.3) is 0 Å². The van der Waals surface area contributed by atoms with Crippen LogP contribution in [0.15, 0.2) is 23.7 Å². The molecule has 92 valence electrons. The Labute approximate surface area is 98.9 Å². The molecule has 2 N–H and O–H groups in total. The molecule has 0 aromatic carbocycles. The molecule has 2 heterocycles. The second-order valence-electron chi connectivity index (χ2n) is 3.62. The highest BCUT2D eigenvalue weighted by molar-refractivity contribution is 7.89. The van der Waals surface area contributed by atoms with Gasteiger partial charge in [-0.05, 0) is 6.92 Å². The Balaban J connectivity index is 2.11. The molecule has 17 heavy (non-hydrogen) atoms. The van der Waals surface area contributed by atoms with Gasteiger partial charge in [-0.3, -0.25) is 4.68 Å². The van der Waals surface area contributed by atoms with Crippen LogP contribution >= 0.6 is 0 Å². The first-order valence-electron chi connectivity index (χ1n) is 4.96. The van der Waals surface area contributed by atoms with Crippen molar-refractivity contribution in [2.75, 3.05) is 0 Å². The van der Waals surface area contributed by atoms with Crippen LogP contribution in [0.1, 0.15) is 11.3 Å². The summed E-state index contributed by atoms with van der Waals surface area (Å²) < 4.78 is 27.7. The third-order valence-corrected chi connectivity index (χ3v) is 3.88. The number of H-pyrrole nitrogens is 1. The van der Waals surface area contributed by atoms with Crippen LogP contribution in [0.3, 0.4) is 0 Å². The zero-order chi connectivity index (χ0) is 12.5. The van der Waals surface area contributed by atoms with E-state index in [1.165, 1.54) is 12.5 Å². The number of nitrogens with one attached hydrogen (secondary N) is 2. The molecule has 0 bridgehead atoms. The first kappa shape index (κ1) is 11.8. The van der Waals surface area contributed by atoms with E-state index in [1.54, 1.807) is 10.9 Å². The summed E-state index contributed by atoms with van der Waals surface area (Å²) in [5.41, 5.74) is 1.77. The summed E-state index contributed by atoms with van der Waals surface area (Å²) in [5.74, 6) is 0. The van der Waals surface area contributed by atoms with E-state index in [9.17, 15) is 8.42 Å². The van der Waals surface area contributed by atoms with Crippen LogP contribution < -0.4 is 4.72 Å². The fourth-order valence-electron chi connectivity index (χ4n) is 1.36. The molecule has 2 rings (SSSR count). The topological polar surface area (TPSA) is 92.7 Å². The molecule has 0 amide bonds. The highest BCUT2D eigenvalue weighted by Crippen LogP contribution is 2.08. The van der Waals surface area contributed by atoms with Crippen LogP contribution in [0.4, 0.5) is 0 Å². The summed E-state index contributed by atoms with van der Waals surface area (Å²) >= 11 is 0. The largest absolute Gasteiger partial charge is 0.335 e. The monoisotopic (exact) mass is 255 g/mol. The van der Waals surface area contributed by atoms with E-state index in [2.05, 4.69) is 19.8 Å². The average molecular weight is 255 g/mol. The maximum absolute atomic E-state index is 11.8. The number of imidazole rings is 1. The molecule has 0 aliphatic heterocycles.